The van der Waals surface area contributed by atoms with Gasteiger partial charge in [-0.1, -0.05) is 35.0 Å². The minimum absolute atomic E-state index is 0.133. The van der Waals surface area contributed by atoms with E-state index in [9.17, 15) is 9.90 Å². The van der Waals surface area contributed by atoms with Crippen molar-refractivity contribution < 1.29 is 14.6 Å². The van der Waals surface area contributed by atoms with Gasteiger partial charge in [0.2, 0.25) is 5.91 Å². The molecule has 1 aromatic rings. The number of benzene rings is 1. The van der Waals surface area contributed by atoms with E-state index in [4.69, 9.17) is 4.74 Å². The Morgan fingerprint density at radius 1 is 1.50 bits per heavy atom. The van der Waals surface area contributed by atoms with E-state index in [1.165, 1.54) is 0 Å². The van der Waals surface area contributed by atoms with Crippen LogP contribution in [0.1, 0.15) is 31.7 Å². The highest BCUT2D eigenvalue weighted by molar-refractivity contribution is 9.10. The number of amides is 1. The summed E-state index contributed by atoms with van der Waals surface area (Å²) >= 11 is 3.37. The Kier molecular flexibility index (Phi) is 5.18. The maximum Gasteiger partial charge on any atom is 0.249 e. The Morgan fingerprint density at radius 2 is 2.20 bits per heavy atom. The van der Waals surface area contributed by atoms with Gasteiger partial charge in [0.05, 0.1) is 6.54 Å². The fraction of sp³-hybridized carbons (Fsp3) is 0.533. The molecule has 0 radical (unpaired) electrons. The molecule has 0 bridgehead atoms. The lowest BCUT2D eigenvalue weighted by molar-refractivity contribution is -0.131. The molecule has 2 rings (SSSR count). The standard InChI is InChI=1S/C15H20BrNO3/c1-2-15(19,11-5-7-12(16)8-6-11)10-17-14(18)13-4-3-9-20-13/h5-8,13,19H,2-4,9-10H2,1H3,(H,17,18). The lowest BCUT2D eigenvalue weighted by Crippen LogP contribution is -2.44. The van der Waals surface area contributed by atoms with Crippen molar-refractivity contribution in [1.82, 2.24) is 5.32 Å². The van der Waals surface area contributed by atoms with Gasteiger partial charge in [0.25, 0.3) is 0 Å². The van der Waals surface area contributed by atoms with Crippen LogP contribution in [0, 0.1) is 0 Å². The Hall–Kier alpha value is -0.910. The predicted octanol–water partition coefficient (Wildman–Crippen LogP) is 2.34. The average Bonchev–Trinajstić information content (AvgIpc) is 2.99. The van der Waals surface area contributed by atoms with Crippen molar-refractivity contribution in [2.45, 2.75) is 37.9 Å². The van der Waals surface area contributed by atoms with Gasteiger partial charge in [-0.3, -0.25) is 4.79 Å². The van der Waals surface area contributed by atoms with Gasteiger partial charge >= 0.3 is 0 Å². The lowest BCUT2D eigenvalue weighted by Gasteiger charge is -2.28. The number of halogens is 1. The van der Waals surface area contributed by atoms with Gasteiger partial charge in [-0.05, 0) is 37.0 Å². The predicted molar refractivity (Wildman–Crippen MR) is 80.3 cm³/mol. The average molecular weight is 342 g/mol. The zero-order chi connectivity index (χ0) is 14.6. The van der Waals surface area contributed by atoms with E-state index in [2.05, 4.69) is 21.2 Å². The van der Waals surface area contributed by atoms with E-state index in [1.807, 2.05) is 31.2 Å². The summed E-state index contributed by atoms with van der Waals surface area (Å²) in [7, 11) is 0. The molecule has 1 saturated heterocycles. The van der Waals surface area contributed by atoms with Crippen molar-refractivity contribution >= 4 is 21.8 Å². The molecule has 20 heavy (non-hydrogen) atoms. The zero-order valence-corrected chi connectivity index (χ0v) is 13.1. The number of hydrogen-bond donors (Lipinski definition) is 2. The van der Waals surface area contributed by atoms with Crippen molar-refractivity contribution in [3.63, 3.8) is 0 Å². The molecular formula is C15H20BrNO3. The molecule has 5 heteroatoms. The van der Waals surface area contributed by atoms with Crippen molar-refractivity contribution in [3.8, 4) is 0 Å². The molecule has 1 amide bonds. The fourth-order valence-electron chi connectivity index (χ4n) is 2.32. The van der Waals surface area contributed by atoms with Gasteiger partial charge in [-0.25, -0.2) is 0 Å². The molecule has 0 saturated carbocycles. The van der Waals surface area contributed by atoms with Crippen LogP contribution in [-0.4, -0.2) is 30.3 Å². The second kappa shape index (κ2) is 6.70. The summed E-state index contributed by atoms with van der Waals surface area (Å²) in [5, 5.41) is 13.5. The monoisotopic (exact) mass is 341 g/mol. The first-order chi connectivity index (χ1) is 9.55. The van der Waals surface area contributed by atoms with E-state index in [0.29, 0.717) is 13.0 Å². The van der Waals surface area contributed by atoms with E-state index < -0.39 is 5.60 Å². The van der Waals surface area contributed by atoms with Crippen LogP contribution in [-0.2, 0) is 15.1 Å². The Morgan fingerprint density at radius 3 is 2.75 bits per heavy atom. The first-order valence-corrected chi connectivity index (χ1v) is 7.72. The number of nitrogens with one attached hydrogen (secondary N) is 1. The van der Waals surface area contributed by atoms with Crippen LogP contribution in [0.5, 0.6) is 0 Å². The quantitative estimate of drug-likeness (QED) is 0.864. The van der Waals surface area contributed by atoms with E-state index in [-0.39, 0.29) is 18.6 Å². The SMILES string of the molecule is CCC(O)(CNC(=O)C1CCCO1)c1ccc(Br)cc1. The summed E-state index contributed by atoms with van der Waals surface area (Å²) in [6.45, 7) is 2.74. The summed E-state index contributed by atoms with van der Waals surface area (Å²) in [4.78, 5) is 11.9. The van der Waals surface area contributed by atoms with E-state index in [0.717, 1.165) is 22.9 Å². The molecule has 2 unspecified atom stereocenters. The van der Waals surface area contributed by atoms with Gasteiger partial charge in [0, 0.05) is 11.1 Å². The largest absolute Gasteiger partial charge is 0.383 e. The maximum absolute atomic E-state index is 11.9. The lowest BCUT2D eigenvalue weighted by atomic mass is 9.91. The maximum atomic E-state index is 11.9. The molecule has 0 aliphatic carbocycles. The number of hydrogen-bond acceptors (Lipinski definition) is 3. The molecule has 1 aliphatic heterocycles. The van der Waals surface area contributed by atoms with Crippen molar-refractivity contribution in [2.75, 3.05) is 13.2 Å². The van der Waals surface area contributed by atoms with Gasteiger partial charge in [-0.2, -0.15) is 0 Å². The first kappa shape index (κ1) is 15.5. The molecular weight excluding hydrogens is 322 g/mol. The van der Waals surface area contributed by atoms with Crippen LogP contribution in [0.3, 0.4) is 0 Å². The Labute approximate surface area is 127 Å². The molecule has 1 aromatic carbocycles. The highest BCUT2D eigenvalue weighted by atomic mass is 79.9. The minimum atomic E-state index is -1.05. The third-order valence-electron chi connectivity index (χ3n) is 3.74. The molecule has 4 nitrogen and oxygen atoms in total. The molecule has 1 fully saturated rings. The molecule has 0 spiro atoms. The normalized spacial score (nSPS) is 21.4. The van der Waals surface area contributed by atoms with Crippen molar-refractivity contribution in [1.29, 1.82) is 0 Å². The van der Waals surface area contributed by atoms with E-state index >= 15 is 0 Å². The van der Waals surface area contributed by atoms with Crippen molar-refractivity contribution in [2.24, 2.45) is 0 Å². The van der Waals surface area contributed by atoms with Gasteiger partial charge in [0.1, 0.15) is 11.7 Å². The van der Waals surface area contributed by atoms with Gasteiger partial charge < -0.3 is 15.2 Å². The van der Waals surface area contributed by atoms with Crippen LogP contribution in [0.15, 0.2) is 28.7 Å². The smallest absolute Gasteiger partial charge is 0.249 e. The number of carbonyl (C=O) groups excluding carboxylic acids is 1. The third-order valence-corrected chi connectivity index (χ3v) is 4.27. The highest BCUT2D eigenvalue weighted by Crippen LogP contribution is 2.26. The van der Waals surface area contributed by atoms with E-state index in [1.54, 1.807) is 0 Å². The summed E-state index contributed by atoms with van der Waals surface area (Å²) in [5.41, 5.74) is -0.245. The van der Waals surface area contributed by atoms with Crippen molar-refractivity contribution in [3.05, 3.63) is 34.3 Å². The van der Waals surface area contributed by atoms with Crippen LogP contribution >= 0.6 is 15.9 Å². The number of carbonyl (C=O) groups is 1. The second-order valence-electron chi connectivity index (χ2n) is 5.11. The summed E-state index contributed by atoms with van der Waals surface area (Å²) in [6.07, 6.45) is 1.85. The van der Waals surface area contributed by atoms with Gasteiger partial charge in [0.15, 0.2) is 0 Å². The topological polar surface area (TPSA) is 58.6 Å². The van der Waals surface area contributed by atoms with Crippen LogP contribution in [0.25, 0.3) is 0 Å². The first-order valence-electron chi connectivity index (χ1n) is 6.93. The summed E-state index contributed by atoms with van der Waals surface area (Å²) < 4.78 is 6.30. The summed E-state index contributed by atoms with van der Waals surface area (Å²) in [5.74, 6) is -0.133. The van der Waals surface area contributed by atoms with Crippen LogP contribution in [0.4, 0.5) is 0 Å². The molecule has 1 aliphatic rings. The minimum Gasteiger partial charge on any atom is -0.383 e. The molecule has 1 heterocycles. The molecule has 110 valence electrons. The third kappa shape index (κ3) is 3.59. The second-order valence-corrected chi connectivity index (χ2v) is 6.03. The van der Waals surface area contributed by atoms with Crippen LogP contribution < -0.4 is 5.32 Å². The Balaban J connectivity index is 1.99. The fourth-order valence-corrected chi connectivity index (χ4v) is 2.59. The number of aliphatic hydroxyl groups is 1. The zero-order valence-electron chi connectivity index (χ0n) is 11.6. The molecule has 2 N–H and O–H groups in total. The molecule has 2 atom stereocenters. The molecule has 0 aromatic heterocycles. The van der Waals surface area contributed by atoms with Crippen LogP contribution in [0.2, 0.25) is 0 Å². The van der Waals surface area contributed by atoms with Gasteiger partial charge in [-0.15, -0.1) is 0 Å². The number of ether oxygens (including phenoxy) is 1. The summed E-state index contributed by atoms with van der Waals surface area (Å²) in [6, 6.07) is 7.51. The number of rotatable bonds is 5. The Bertz CT molecular complexity index is 457. The highest BCUT2D eigenvalue weighted by Gasteiger charge is 2.30.